The number of piperidine rings is 6. The predicted octanol–water partition coefficient (Wildman–Crippen LogP) is 20.9. The predicted molar refractivity (Wildman–Crippen MR) is 569 cm³/mol. The molecule has 20 rings (SSSR count). The lowest BCUT2D eigenvalue weighted by Gasteiger charge is -2.38. The second-order valence-corrected chi connectivity index (χ2v) is 44.9. The van der Waals surface area contributed by atoms with Crippen LogP contribution in [0.5, 0.6) is 0 Å². The van der Waals surface area contributed by atoms with Crippen molar-refractivity contribution in [2.45, 2.75) is 164 Å². The van der Waals surface area contributed by atoms with E-state index in [0.29, 0.717) is 56.4 Å². The maximum absolute atomic E-state index is 12.9. The Bertz CT molecular complexity index is 6590. The third kappa shape index (κ3) is 25.6. The SMILES string of the molecule is CC(=O)C1CCCN(C(=O)c2ccc(-c3cc(C)n(C)n3)s2)C1.CC(=O)C1CCN(C(=O)c2ccc(-c3cc(C)n(C)n3)s2)CC1.CCC1CCN(C(=O)c2ccc(-c3cc(C)n(C)n3)s2)CC1.Cc1cc(-c2ccc(C(=O)N3CCC(C)CC3)s2)nn1C.Cc1cc(-c2ccc(C(=O)N3CCC(O)(c4ccccc4)CC3)s2)nn1C.Cc1cc(-c2ccc(C(=O)N3CCC(c4ccccc4)CC3)s2)nn1C. The van der Waals surface area contributed by atoms with Crippen molar-refractivity contribution in [2.24, 2.45) is 66.0 Å². The van der Waals surface area contributed by atoms with Crippen LogP contribution in [0.25, 0.3) is 63.4 Å². The number of aromatic nitrogens is 12. The molecule has 0 saturated carbocycles. The highest BCUT2D eigenvalue weighted by atomic mass is 32.1. The second-order valence-electron chi connectivity index (χ2n) is 38.4. The summed E-state index contributed by atoms with van der Waals surface area (Å²) in [5.74, 6) is 3.26. The zero-order chi connectivity index (χ0) is 101. The minimum atomic E-state index is -0.843. The Labute approximate surface area is 856 Å². The molecule has 142 heavy (non-hydrogen) atoms. The number of rotatable bonds is 17. The van der Waals surface area contributed by atoms with E-state index in [9.17, 15) is 43.5 Å². The van der Waals surface area contributed by atoms with Crippen molar-refractivity contribution in [3.63, 3.8) is 0 Å². The summed E-state index contributed by atoms with van der Waals surface area (Å²) in [6.45, 7) is 28.8. The molecular formula is C109H132N18O9S6. The number of Topliss-reactive ketones (excluding diaryl/α,β-unsaturated/α-hetero) is 2. The zero-order valence-electron chi connectivity index (χ0n) is 84.4. The fraction of sp³-hybridized carbons (Fsp3) is 0.431. The molecule has 1 unspecified atom stereocenters. The summed E-state index contributed by atoms with van der Waals surface area (Å²) in [5, 5.41) is 37.8. The Morgan fingerprint density at radius 3 is 0.873 bits per heavy atom. The Morgan fingerprint density at radius 1 is 0.324 bits per heavy atom. The van der Waals surface area contributed by atoms with E-state index in [-0.39, 0.29) is 58.8 Å². The van der Waals surface area contributed by atoms with Gasteiger partial charge in [0.05, 0.1) is 64.1 Å². The molecule has 0 radical (unpaired) electrons. The van der Waals surface area contributed by atoms with E-state index in [4.69, 9.17) is 0 Å². The van der Waals surface area contributed by atoms with Crippen molar-refractivity contribution < 1.29 is 43.5 Å². The lowest BCUT2D eigenvalue weighted by atomic mass is 9.84. The lowest BCUT2D eigenvalue weighted by Crippen LogP contribution is -2.45. The van der Waals surface area contributed by atoms with Gasteiger partial charge in [0.2, 0.25) is 0 Å². The van der Waals surface area contributed by atoms with Gasteiger partial charge in [-0.2, -0.15) is 30.6 Å². The summed E-state index contributed by atoms with van der Waals surface area (Å²) < 4.78 is 11.1. The minimum absolute atomic E-state index is 0.00873. The van der Waals surface area contributed by atoms with Gasteiger partial charge in [-0.1, -0.05) is 80.9 Å². The van der Waals surface area contributed by atoms with Gasteiger partial charge in [0, 0.05) is 167 Å². The molecule has 12 aromatic heterocycles. The molecule has 33 heteroatoms. The molecule has 748 valence electrons. The first-order valence-corrected chi connectivity index (χ1v) is 54.3. The number of aliphatic hydroxyl groups is 1. The number of carbonyl (C=O) groups is 8. The van der Waals surface area contributed by atoms with Gasteiger partial charge >= 0.3 is 0 Å². The Hall–Kier alpha value is -12.0. The normalized spacial score (nSPS) is 16.4. The number of hydrogen-bond acceptors (Lipinski definition) is 21. The number of hydrogen-bond donors (Lipinski definition) is 1. The van der Waals surface area contributed by atoms with Crippen LogP contribution in [0.4, 0.5) is 0 Å². The second kappa shape index (κ2) is 47.0. The Kier molecular flexibility index (Phi) is 34.6. The molecule has 27 nitrogen and oxygen atoms in total. The average molecular weight is 2030 g/mol. The monoisotopic (exact) mass is 2030 g/mol. The number of carbonyl (C=O) groups excluding carboxylic acids is 8. The standard InChI is InChI=1S/C21H23N3O2S.C21H23N3OS.2C17H21N3O2S.C17H23N3OS.C16H21N3OS/c1-15-14-17(22-23(15)2)18-8-9-19(27-18)20(25)24-12-10-21(26,11-13-24)16-6-4-3-5-7-16;1-15-14-18(22-23(15)2)19-8-9-20(26-19)21(25)24-12-10-17(11-13-24)16-6-4-3-5-7-16;1-11-10-14(18-19(11)3)15-4-5-16(23-15)17(22)20-8-6-13(7-9-20)12(2)21;1-11-9-14(18-19(11)3)15-6-7-16(23-15)17(22)20-8-4-5-13(10-20)12(2)21;1-4-13-7-9-20(10-8-13)17(21)16-6-5-15(22-16)14-11-12(2)19(3)18-14;1-11-6-8-19(9-7-11)16(20)15-5-4-14(21-15)13-10-12(2)18(3)17-13/h3-9,14,26H,10-13H2,1-2H3;3-9,14,17H,10-13H2,1-2H3;4-5,10,13H,6-9H2,1-3H3;6-7,9,13H,4-5,8,10H2,1-3H3;5-6,11,13H,4,7-10H2,1-3H3;4-5,10-11H,6-9H2,1-3H3. The maximum atomic E-state index is 12.9. The largest absolute Gasteiger partial charge is 0.385 e. The molecule has 18 heterocycles. The van der Waals surface area contributed by atoms with Crippen molar-refractivity contribution in [3.05, 3.63) is 244 Å². The van der Waals surface area contributed by atoms with Crippen molar-refractivity contribution in [1.29, 1.82) is 0 Å². The van der Waals surface area contributed by atoms with Crippen LogP contribution < -0.4 is 0 Å². The highest BCUT2D eigenvalue weighted by Gasteiger charge is 2.38. The summed E-state index contributed by atoms with van der Waals surface area (Å²) in [5.41, 5.74) is 13.6. The van der Waals surface area contributed by atoms with Crippen molar-refractivity contribution >= 4 is 115 Å². The first kappa shape index (κ1) is 104. The van der Waals surface area contributed by atoms with Gasteiger partial charge in [0.1, 0.15) is 45.7 Å². The molecule has 0 aliphatic carbocycles. The molecule has 1 atom stereocenters. The van der Waals surface area contributed by atoms with Gasteiger partial charge in [-0.3, -0.25) is 66.4 Å². The molecule has 0 spiro atoms. The van der Waals surface area contributed by atoms with Crippen LogP contribution in [-0.4, -0.2) is 219 Å². The van der Waals surface area contributed by atoms with E-state index in [1.807, 2.05) is 263 Å². The molecule has 6 amide bonds. The van der Waals surface area contributed by atoms with E-state index in [1.54, 1.807) is 36.5 Å². The van der Waals surface area contributed by atoms with Gasteiger partial charge in [0.25, 0.3) is 35.4 Å². The van der Waals surface area contributed by atoms with Crippen LogP contribution in [0.3, 0.4) is 0 Å². The first-order chi connectivity index (χ1) is 68.1. The van der Waals surface area contributed by atoms with Crippen LogP contribution >= 0.6 is 68.0 Å². The molecule has 6 fully saturated rings. The number of benzene rings is 2. The van der Waals surface area contributed by atoms with Gasteiger partial charge in [-0.05, 0) is 271 Å². The van der Waals surface area contributed by atoms with E-state index in [1.165, 1.54) is 57.3 Å². The third-order valence-corrected chi connectivity index (χ3v) is 35.1. The molecular weight excluding hydrogens is 1900 g/mol. The molecule has 6 saturated heterocycles. The number of thiophene rings is 6. The van der Waals surface area contributed by atoms with Crippen molar-refractivity contribution in [1.82, 2.24) is 88.1 Å². The van der Waals surface area contributed by atoms with E-state index < -0.39 is 5.60 Å². The van der Waals surface area contributed by atoms with E-state index >= 15 is 0 Å². The molecule has 1 N–H and O–H groups in total. The Balaban J connectivity index is 0.000000129. The molecule has 0 bridgehead atoms. The molecule has 14 aromatic rings. The van der Waals surface area contributed by atoms with Gasteiger partial charge in [0.15, 0.2) is 0 Å². The van der Waals surface area contributed by atoms with E-state index in [2.05, 4.69) is 93.0 Å². The smallest absolute Gasteiger partial charge is 0.263 e. The van der Waals surface area contributed by atoms with Gasteiger partial charge < -0.3 is 34.5 Å². The van der Waals surface area contributed by atoms with Crippen molar-refractivity contribution in [3.8, 4) is 63.4 Å². The molecule has 6 aliphatic heterocycles. The third-order valence-electron chi connectivity index (χ3n) is 28.5. The number of amides is 6. The number of likely N-dealkylation sites (tertiary alicyclic amines) is 6. The zero-order valence-corrected chi connectivity index (χ0v) is 89.3. The fourth-order valence-electron chi connectivity index (χ4n) is 18.6. The van der Waals surface area contributed by atoms with Gasteiger partial charge in [-0.15, -0.1) is 68.0 Å². The number of ketones is 2. The summed E-state index contributed by atoms with van der Waals surface area (Å²) >= 11 is 9.06. The molecule has 2 aromatic carbocycles. The maximum Gasteiger partial charge on any atom is 0.263 e. The Morgan fingerprint density at radius 2 is 0.592 bits per heavy atom. The average Bonchev–Trinajstić information content (AvgIpc) is 1.39. The van der Waals surface area contributed by atoms with Crippen LogP contribution in [0.15, 0.2) is 170 Å². The fourth-order valence-corrected chi connectivity index (χ4v) is 24.1. The lowest BCUT2D eigenvalue weighted by molar-refractivity contribution is -0.122. The topological polar surface area (TPSA) is 283 Å². The number of nitrogens with zero attached hydrogens (tertiary/aromatic N) is 18. The van der Waals surface area contributed by atoms with Crippen LogP contribution in [-0.2, 0) is 57.5 Å². The van der Waals surface area contributed by atoms with Crippen LogP contribution in [0.2, 0.25) is 0 Å². The first-order valence-electron chi connectivity index (χ1n) is 49.4. The summed E-state index contributed by atoms with van der Waals surface area (Å²) in [4.78, 5) is 122. The molecule has 6 aliphatic rings. The van der Waals surface area contributed by atoms with Crippen molar-refractivity contribution in [2.75, 3.05) is 78.5 Å². The minimum Gasteiger partial charge on any atom is -0.385 e. The van der Waals surface area contributed by atoms with Crippen LogP contribution in [0.1, 0.15) is 220 Å². The summed E-state index contributed by atoms with van der Waals surface area (Å²) in [7, 11) is 11.6. The highest BCUT2D eigenvalue weighted by Crippen LogP contribution is 2.40. The van der Waals surface area contributed by atoms with Crippen LogP contribution in [0, 0.1) is 65.2 Å². The number of aryl methyl sites for hydroxylation is 12. The van der Waals surface area contributed by atoms with E-state index in [0.717, 1.165) is 249 Å². The highest BCUT2D eigenvalue weighted by molar-refractivity contribution is 7.19. The van der Waals surface area contributed by atoms with Gasteiger partial charge in [-0.25, -0.2) is 0 Å². The quantitative estimate of drug-likeness (QED) is 0.0887. The summed E-state index contributed by atoms with van der Waals surface area (Å²) in [6.07, 6.45) is 12.3. The summed E-state index contributed by atoms with van der Waals surface area (Å²) in [6, 6.07) is 56.0.